The van der Waals surface area contributed by atoms with Gasteiger partial charge >= 0.3 is 0 Å². The second-order valence-corrected chi connectivity index (χ2v) is 5.81. The van der Waals surface area contributed by atoms with Crippen molar-refractivity contribution in [3.63, 3.8) is 0 Å². The maximum atomic E-state index is 9.64. The predicted octanol–water partition coefficient (Wildman–Crippen LogP) is 1.97. The van der Waals surface area contributed by atoms with Crippen molar-refractivity contribution in [1.29, 1.82) is 0 Å². The van der Waals surface area contributed by atoms with Crippen LogP contribution >= 0.6 is 0 Å². The lowest BCUT2D eigenvalue weighted by Crippen LogP contribution is -2.31. The molecule has 0 radical (unpaired) electrons. The van der Waals surface area contributed by atoms with E-state index in [2.05, 4.69) is 21.7 Å². The van der Waals surface area contributed by atoms with Gasteiger partial charge in [-0.2, -0.15) is 5.10 Å². The average Bonchev–Trinajstić information content (AvgIpc) is 3.08. The standard InChI is InChI=1S/C17H20N6O/c1-4-20-17-14(16(18)19)15(22-23(17)9(2)3)13-8-10-7-11(24)5-6-12(10)21-13/h4-9,21,24H,1,18-19H2,2-3H3/b20-17+. The Morgan fingerprint density at radius 1 is 1.38 bits per heavy atom. The molecule has 0 fully saturated rings. The second kappa shape index (κ2) is 5.77. The van der Waals surface area contributed by atoms with Gasteiger partial charge in [0, 0.05) is 23.1 Å². The van der Waals surface area contributed by atoms with Gasteiger partial charge < -0.3 is 21.6 Å². The van der Waals surface area contributed by atoms with Crippen molar-refractivity contribution < 1.29 is 5.11 Å². The number of hydrogen-bond donors (Lipinski definition) is 4. The van der Waals surface area contributed by atoms with Gasteiger partial charge in [-0.15, -0.1) is 0 Å². The van der Waals surface area contributed by atoms with Crippen molar-refractivity contribution in [2.75, 3.05) is 0 Å². The molecule has 0 aliphatic carbocycles. The summed E-state index contributed by atoms with van der Waals surface area (Å²) in [6.45, 7) is 7.65. The number of aromatic nitrogens is 1. The smallest absolute Gasteiger partial charge is 0.162 e. The summed E-state index contributed by atoms with van der Waals surface area (Å²) in [5, 5.41) is 16.9. The van der Waals surface area contributed by atoms with E-state index in [1.807, 2.05) is 19.9 Å². The molecule has 2 aromatic rings. The summed E-state index contributed by atoms with van der Waals surface area (Å²) in [7, 11) is 0. The largest absolute Gasteiger partial charge is 0.508 e. The van der Waals surface area contributed by atoms with Crippen LogP contribution in [0.2, 0.25) is 0 Å². The van der Waals surface area contributed by atoms with Crippen molar-refractivity contribution in [2.24, 2.45) is 21.6 Å². The van der Waals surface area contributed by atoms with Gasteiger partial charge in [0.25, 0.3) is 0 Å². The molecule has 7 nitrogen and oxygen atoms in total. The van der Waals surface area contributed by atoms with Crippen LogP contribution in [0.5, 0.6) is 5.75 Å². The van der Waals surface area contributed by atoms with Crippen LogP contribution in [0, 0.1) is 0 Å². The fourth-order valence-electron chi connectivity index (χ4n) is 2.70. The number of hydrogen-bond acceptors (Lipinski definition) is 5. The summed E-state index contributed by atoms with van der Waals surface area (Å²) in [4.78, 5) is 7.57. The fraction of sp³-hybridized carbons (Fsp3) is 0.176. The van der Waals surface area contributed by atoms with Gasteiger partial charge in [0.15, 0.2) is 5.84 Å². The molecular weight excluding hydrogens is 304 g/mol. The third kappa shape index (κ3) is 2.50. The number of fused-ring (bicyclic) bond motifs is 1. The van der Waals surface area contributed by atoms with E-state index < -0.39 is 0 Å². The van der Waals surface area contributed by atoms with Crippen molar-refractivity contribution >= 4 is 22.5 Å². The van der Waals surface area contributed by atoms with E-state index >= 15 is 0 Å². The van der Waals surface area contributed by atoms with E-state index in [0.29, 0.717) is 17.1 Å². The van der Waals surface area contributed by atoms with Crippen molar-refractivity contribution in [1.82, 2.24) is 9.99 Å². The first-order chi connectivity index (χ1) is 11.4. The van der Waals surface area contributed by atoms with E-state index in [1.165, 1.54) is 6.20 Å². The lowest BCUT2D eigenvalue weighted by atomic mass is 10.1. The van der Waals surface area contributed by atoms with E-state index in [0.717, 1.165) is 16.6 Å². The number of nitrogens with one attached hydrogen (secondary N) is 1. The summed E-state index contributed by atoms with van der Waals surface area (Å²) >= 11 is 0. The maximum absolute atomic E-state index is 9.64. The highest BCUT2D eigenvalue weighted by atomic mass is 16.3. The summed E-state index contributed by atoms with van der Waals surface area (Å²) in [6, 6.07) is 7.07. The van der Waals surface area contributed by atoms with Gasteiger partial charge in [-0.3, -0.25) is 0 Å². The number of amidine groups is 1. The minimum absolute atomic E-state index is 0.0731. The molecule has 1 aromatic heterocycles. The molecule has 7 heteroatoms. The van der Waals surface area contributed by atoms with Crippen LogP contribution in [0.4, 0.5) is 0 Å². The van der Waals surface area contributed by atoms with Crippen LogP contribution in [0.3, 0.4) is 0 Å². The average molecular weight is 324 g/mol. The van der Waals surface area contributed by atoms with Crippen LogP contribution in [0.25, 0.3) is 10.9 Å². The summed E-state index contributed by atoms with van der Waals surface area (Å²) in [6.07, 6.45) is 1.44. The number of rotatable bonds is 3. The highest BCUT2D eigenvalue weighted by Gasteiger charge is 2.33. The first kappa shape index (κ1) is 15.7. The van der Waals surface area contributed by atoms with Crippen molar-refractivity contribution in [3.8, 4) is 5.75 Å². The highest BCUT2D eigenvalue weighted by Crippen LogP contribution is 2.27. The Labute approximate surface area is 139 Å². The zero-order chi connectivity index (χ0) is 17.4. The Bertz CT molecular complexity index is 899. The molecular formula is C17H20N6O. The molecule has 0 amide bonds. The normalized spacial score (nSPS) is 16.3. The highest BCUT2D eigenvalue weighted by molar-refractivity contribution is 6.32. The monoisotopic (exact) mass is 324 g/mol. The first-order valence-corrected chi connectivity index (χ1v) is 7.57. The topological polar surface area (TPSA) is 116 Å². The van der Waals surface area contributed by atoms with Crippen LogP contribution in [0.1, 0.15) is 19.5 Å². The van der Waals surface area contributed by atoms with Gasteiger partial charge in [0.2, 0.25) is 0 Å². The summed E-state index contributed by atoms with van der Waals surface area (Å²) in [5.41, 5.74) is 14.6. The van der Waals surface area contributed by atoms with Crippen LogP contribution in [0.15, 0.2) is 58.5 Å². The zero-order valence-electron chi connectivity index (χ0n) is 13.6. The van der Waals surface area contributed by atoms with Crippen LogP contribution in [-0.2, 0) is 0 Å². The summed E-state index contributed by atoms with van der Waals surface area (Å²) < 4.78 is 0. The Hall–Kier alpha value is -3.22. The number of phenols is 1. The number of H-pyrrole nitrogens is 1. The van der Waals surface area contributed by atoms with Gasteiger partial charge in [-0.05, 0) is 38.1 Å². The van der Waals surface area contributed by atoms with Crippen LogP contribution < -0.4 is 11.5 Å². The molecule has 124 valence electrons. The van der Waals surface area contributed by atoms with E-state index in [9.17, 15) is 5.11 Å². The Morgan fingerprint density at radius 3 is 2.75 bits per heavy atom. The molecule has 2 heterocycles. The number of aromatic hydroxyl groups is 1. The number of benzene rings is 1. The Morgan fingerprint density at radius 2 is 2.12 bits per heavy atom. The molecule has 6 N–H and O–H groups in total. The Kier molecular flexibility index (Phi) is 3.76. The van der Waals surface area contributed by atoms with Crippen molar-refractivity contribution in [3.05, 3.63) is 54.1 Å². The van der Waals surface area contributed by atoms with E-state index in [1.54, 1.807) is 23.2 Å². The lowest BCUT2D eigenvalue weighted by molar-refractivity contribution is 0.377. The molecule has 0 saturated carbocycles. The number of hydrazone groups is 1. The minimum atomic E-state index is 0.0731. The molecule has 0 atom stereocenters. The molecule has 1 aliphatic rings. The number of nitrogens with zero attached hydrogens (tertiary/aromatic N) is 3. The third-order valence-electron chi connectivity index (χ3n) is 3.74. The molecule has 1 aliphatic heterocycles. The molecule has 24 heavy (non-hydrogen) atoms. The van der Waals surface area contributed by atoms with Gasteiger partial charge in [0.05, 0.1) is 11.3 Å². The molecule has 3 rings (SSSR count). The lowest BCUT2D eigenvalue weighted by Gasteiger charge is -2.19. The third-order valence-corrected chi connectivity index (χ3v) is 3.74. The van der Waals surface area contributed by atoms with Gasteiger partial charge in [0.1, 0.15) is 17.3 Å². The molecule has 0 saturated heterocycles. The van der Waals surface area contributed by atoms with Gasteiger partial charge in [-0.1, -0.05) is 6.58 Å². The molecule has 1 aromatic carbocycles. The molecule has 0 spiro atoms. The number of aromatic amines is 1. The van der Waals surface area contributed by atoms with E-state index in [-0.39, 0.29) is 17.6 Å². The number of phenolic OH excluding ortho intramolecular Hbond substituents is 1. The second-order valence-electron chi connectivity index (χ2n) is 5.81. The molecule has 0 unspecified atom stereocenters. The Balaban J connectivity index is 2.19. The van der Waals surface area contributed by atoms with Crippen molar-refractivity contribution in [2.45, 2.75) is 19.9 Å². The number of nitrogens with two attached hydrogens (primary N) is 2. The first-order valence-electron chi connectivity index (χ1n) is 7.57. The molecule has 0 bridgehead atoms. The quantitative estimate of drug-likeness (QED) is 0.690. The fourth-order valence-corrected chi connectivity index (χ4v) is 2.70. The SMILES string of the molecule is C=C/N=C1\C(=C(N)N)C(c2cc3cc(O)ccc3[nH]2)=NN1C(C)C. The van der Waals surface area contributed by atoms with Gasteiger partial charge in [-0.25, -0.2) is 10.0 Å². The minimum Gasteiger partial charge on any atom is -0.508 e. The predicted molar refractivity (Wildman–Crippen MR) is 96.5 cm³/mol. The zero-order valence-corrected chi connectivity index (χ0v) is 13.6. The maximum Gasteiger partial charge on any atom is 0.162 e. The van der Waals surface area contributed by atoms with E-state index in [4.69, 9.17) is 11.5 Å². The summed E-state index contributed by atoms with van der Waals surface area (Å²) in [5.74, 6) is 0.906. The number of aliphatic imine (C=N–C) groups is 1. The van der Waals surface area contributed by atoms with Crippen LogP contribution in [-0.4, -0.2) is 32.7 Å².